The Labute approximate surface area is 167 Å². The van der Waals surface area contributed by atoms with Crippen LogP contribution in [0.1, 0.15) is 31.4 Å². The highest BCUT2D eigenvalue weighted by atomic mass is 16.5. The molecule has 4 nitrogen and oxygen atoms in total. The minimum atomic E-state index is -0.185. The highest BCUT2D eigenvalue weighted by Crippen LogP contribution is 2.22. The van der Waals surface area contributed by atoms with Gasteiger partial charge in [0.05, 0.1) is 6.42 Å². The first-order chi connectivity index (χ1) is 13.7. The molecule has 0 unspecified atom stereocenters. The van der Waals surface area contributed by atoms with Crippen LogP contribution in [0.3, 0.4) is 0 Å². The maximum atomic E-state index is 12.4. The van der Waals surface area contributed by atoms with Crippen LogP contribution in [0.25, 0.3) is 10.9 Å². The van der Waals surface area contributed by atoms with E-state index in [9.17, 15) is 4.79 Å². The molecule has 1 aromatic heterocycles. The second-order valence-electron chi connectivity index (χ2n) is 7.07. The molecule has 0 aliphatic heterocycles. The molecule has 0 radical (unpaired) electrons. The molecule has 0 saturated carbocycles. The zero-order valence-corrected chi connectivity index (χ0v) is 16.9. The van der Waals surface area contributed by atoms with E-state index in [2.05, 4.69) is 47.7 Å². The van der Waals surface area contributed by atoms with Crippen molar-refractivity contribution in [3.63, 3.8) is 0 Å². The second kappa shape index (κ2) is 10.1. The number of aromatic nitrogens is 1. The lowest BCUT2D eigenvalue weighted by Crippen LogP contribution is -2.24. The van der Waals surface area contributed by atoms with Gasteiger partial charge in [-0.25, -0.2) is 0 Å². The number of hydrogen-bond acceptors (Lipinski definition) is 3. The van der Waals surface area contributed by atoms with Crippen LogP contribution in [0.2, 0.25) is 0 Å². The van der Waals surface area contributed by atoms with E-state index in [1.807, 2.05) is 36.4 Å². The standard InChI is InChI=1S/C24H30N2O2/c1-3-25(4-2)15-10-16-26-18-21(22-13-8-9-14-23(22)26)17-24(27)28-19-20-11-6-5-7-12-20/h5-9,11-14,18H,3-4,10,15-17,19H2,1-2H3. The van der Waals surface area contributed by atoms with Crippen molar-refractivity contribution in [2.45, 2.75) is 39.8 Å². The van der Waals surface area contributed by atoms with Crippen LogP contribution in [-0.4, -0.2) is 35.1 Å². The summed E-state index contributed by atoms with van der Waals surface area (Å²) in [6.07, 6.45) is 3.52. The highest BCUT2D eigenvalue weighted by molar-refractivity contribution is 5.87. The molecule has 3 aromatic rings. The number of carbonyl (C=O) groups excluding carboxylic acids is 1. The zero-order valence-electron chi connectivity index (χ0n) is 16.9. The average Bonchev–Trinajstić information content (AvgIpc) is 3.08. The fraction of sp³-hybridized carbons (Fsp3) is 0.375. The summed E-state index contributed by atoms with van der Waals surface area (Å²) in [7, 11) is 0. The molecule has 1 heterocycles. The molecular weight excluding hydrogens is 348 g/mol. The number of esters is 1. The van der Waals surface area contributed by atoms with E-state index in [0.29, 0.717) is 13.0 Å². The summed E-state index contributed by atoms with van der Waals surface area (Å²) in [4.78, 5) is 14.8. The van der Waals surface area contributed by atoms with Gasteiger partial charge in [-0.1, -0.05) is 62.4 Å². The first-order valence-corrected chi connectivity index (χ1v) is 10.2. The molecule has 0 aliphatic rings. The van der Waals surface area contributed by atoms with Crippen LogP contribution in [0.15, 0.2) is 60.8 Å². The SMILES string of the molecule is CCN(CC)CCCn1cc(CC(=O)OCc2ccccc2)c2ccccc21. The van der Waals surface area contributed by atoms with Crippen LogP contribution in [-0.2, 0) is 29.1 Å². The molecule has 148 valence electrons. The minimum absolute atomic E-state index is 0.185. The Hall–Kier alpha value is -2.59. The fourth-order valence-corrected chi connectivity index (χ4v) is 3.60. The molecule has 0 bridgehead atoms. The number of nitrogens with zero attached hydrogens (tertiary/aromatic N) is 2. The van der Waals surface area contributed by atoms with E-state index < -0.39 is 0 Å². The van der Waals surface area contributed by atoms with Crippen molar-refractivity contribution in [3.05, 3.63) is 71.9 Å². The lowest BCUT2D eigenvalue weighted by molar-refractivity contribution is -0.144. The number of carbonyl (C=O) groups is 1. The fourth-order valence-electron chi connectivity index (χ4n) is 3.60. The van der Waals surface area contributed by atoms with E-state index in [0.717, 1.165) is 49.1 Å². The predicted octanol–water partition coefficient (Wildman–Crippen LogP) is 4.66. The molecule has 2 aromatic carbocycles. The van der Waals surface area contributed by atoms with Gasteiger partial charge in [0, 0.05) is 23.6 Å². The molecule has 3 rings (SSSR count). The lowest BCUT2D eigenvalue weighted by Gasteiger charge is -2.17. The molecule has 0 fully saturated rings. The highest BCUT2D eigenvalue weighted by Gasteiger charge is 2.13. The first-order valence-electron chi connectivity index (χ1n) is 10.2. The van der Waals surface area contributed by atoms with Crippen molar-refractivity contribution < 1.29 is 9.53 Å². The Morgan fingerprint density at radius 2 is 1.71 bits per heavy atom. The van der Waals surface area contributed by atoms with Gasteiger partial charge in [-0.3, -0.25) is 4.79 Å². The van der Waals surface area contributed by atoms with Crippen molar-refractivity contribution in [2.75, 3.05) is 19.6 Å². The number of ether oxygens (including phenoxy) is 1. The summed E-state index contributed by atoms with van der Waals surface area (Å²) < 4.78 is 7.75. The third-order valence-corrected chi connectivity index (χ3v) is 5.22. The predicted molar refractivity (Wildman–Crippen MR) is 114 cm³/mol. The molecule has 28 heavy (non-hydrogen) atoms. The summed E-state index contributed by atoms with van der Waals surface area (Å²) in [6, 6.07) is 18.1. The topological polar surface area (TPSA) is 34.5 Å². The second-order valence-corrected chi connectivity index (χ2v) is 7.07. The monoisotopic (exact) mass is 378 g/mol. The van der Waals surface area contributed by atoms with E-state index in [-0.39, 0.29) is 5.97 Å². The molecular formula is C24H30N2O2. The van der Waals surface area contributed by atoms with Gasteiger partial charge in [0.15, 0.2) is 0 Å². The third kappa shape index (κ3) is 5.23. The summed E-state index contributed by atoms with van der Waals surface area (Å²) in [5.41, 5.74) is 3.24. The summed E-state index contributed by atoms with van der Waals surface area (Å²) >= 11 is 0. The number of hydrogen-bond donors (Lipinski definition) is 0. The molecule has 0 amide bonds. The van der Waals surface area contributed by atoms with Crippen LogP contribution >= 0.6 is 0 Å². The van der Waals surface area contributed by atoms with E-state index >= 15 is 0 Å². The van der Waals surface area contributed by atoms with Crippen LogP contribution in [0, 0.1) is 0 Å². The van der Waals surface area contributed by atoms with Crippen molar-refractivity contribution in [3.8, 4) is 0 Å². The Morgan fingerprint density at radius 3 is 2.46 bits per heavy atom. The molecule has 0 saturated heterocycles. The van der Waals surface area contributed by atoms with Crippen LogP contribution in [0.4, 0.5) is 0 Å². The maximum absolute atomic E-state index is 12.4. The average molecular weight is 379 g/mol. The summed E-state index contributed by atoms with van der Waals surface area (Å²) in [6.45, 7) is 8.94. The number of fused-ring (bicyclic) bond motifs is 1. The molecule has 0 atom stereocenters. The first kappa shape index (κ1) is 20.2. The third-order valence-electron chi connectivity index (χ3n) is 5.22. The minimum Gasteiger partial charge on any atom is -0.461 e. The van der Waals surface area contributed by atoms with Gasteiger partial charge in [0.2, 0.25) is 0 Å². The summed E-state index contributed by atoms with van der Waals surface area (Å²) in [5.74, 6) is -0.185. The summed E-state index contributed by atoms with van der Waals surface area (Å²) in [5, 5.41) is 1.14. The van der Waals surface area contributed by atoms with Gasteiger partial charge >= 0.3 is 5.97 Å². The van der Waals surface area contributed by atoms with Gasteiger partial charge < -0.3 is 14.2 Å². The van der Waals surface area contributed by atoms with Crippen LogP contribution < -0.4 is 0 Å². The van der Waals surface area contributed by atoms with Crippen molar-refractivity contribution in [2.24, 2.45) is 0 Å². The Kier molecular flexibility index (Phi) is 7.26. The normalized spacial score (nSPS) is 11.2. The van der Waals surface area contributed by atoms with Gasteiger partial charge in [0.1, 0.15) is 6.61 Å². The van der Waals surface area contributed by atoms with E-state index in [4.69, 9.17) is 4.74 Å². The smallest absolute Gasteiger partial charge is 0.310 e. The number of rotatable bonds is 10. The van der Waals surface area contributed by atoms with Crippen molar-refractivity contribution >= 4 is 16.9 Å². The molecule has 0 spiro atoms. The largest absolute Gasteiger partial charge is 0.461 e. The van der Waals surface area contributed by atoms with Crippen molar-refractivity contribution in [1.29, 1.82) is 0 Å². The van der Waals surface area contributed by atoms with Gasteiger partial charge in [0.25, 0.3) is 0 Å². The Morgan fingerprint density at radius 1 is 1.00 bits per heavy atom. The lowest BCUT2D eigenvalue weighted by atomic mass is 10.1. The number of aryl methyl sites for hydroxylation is 1. The Balaban J connectivity index is 1.65. The van der Waals surface area contributed by atoms with Gasteiger partial charge in [-0.15, -0.1) is 0 Å². The van der Waals surface area contributed by atoms with Crippen molar-refractivity contribution in [1.82, 2.24) is 9.47 Å². The molecule has 0 aliphatic carbocycles. The van der Waals surface area contributed by atoms with E-state index in [1.165, 1.54) is 5.52 Å². The quantitative estimate of drug-likeness (QED) is 0.481. The number of para-hydroxylation sites is 1. The molecule has 4 heteroatoms. The van der Waals surface area contributed by atoms with Crippen LogP contribution in [0.5, 0.6) is 0 Å². The Bertz CT molecular complexity index is 882. The van der Waals surface area contributed by atoms with E-state index in [1.54, 1.807) is 0 Å². The maximum Gasteiger partial charge on any atom is 0.310 e. The van der Waals surface area contributed by atoms with Gasteiger partial charge in [-0.05, 0) is 43.2 Å². The zero-order chi connectivity index (χ0) is 19.8. The number of benzene rings is 2. The molecule has 0 N–H and O–H groups in total. The van der Waals surface area contributed by atoms with Gasteiger partial charge in [-0.2, -0.15) is 0 Å².